The van der Waals surface area contributed by atoms with E-state index >= 15 is 0 Å². The van der Waals surface area contributed by atoms with Gasteiger partial charge in [0.15, 0.2) is 0 Å². The third-order valence-electron chi connectivity index (χ3n) is 3.00. The number of ether oxygens (including phenoxy) is 1. The van der Waals surface area contributed by atoms with Gasteiger partial charge >= 0.3 is 0 Å². The first-order chi connectivity index (χ1) is 7.84. The molecule has 0 radical (unpaired) electrons. The second kappa shape index (κ2) is 5.97. The van der Waals surface area contributed by atoms with Crippen molar-refractivity contribution in [2.45, 2.75) is 44.3 Å². The molecule has 0 spiro atoms. The Morgan fingerprint density at radius 2 is 2.44 bits per heavy atom. The van der Waals surface area contributed by atoms with Crippen LogP contribution in [0.1, 0.15) is 31.2 Å². The molecule has 1 aliphatic heterocycles. The van der Waals surface area contributed by atoms with Gasteiger partial charge in [0.05, 0.1) is 12.2 Å². The average Bonchev–Trinajstić information content (AvgIpc) is 2.31. The fraction of sp³-hybridized carbons (Fsp3) is 0.615. The number of nitrogens with zero attached hydrogens (tertiary/aromatic N) is 1. The van der Waals surface area contributed by atoms with E-state index in [0.29, 0.717) is 6.42 Å². The van der Waals surface area contributed by atoms with Crippen LogP contribution in [0.5, 0.6) is 0 Å². The van der Waals surface area contributed by atoms with Gasteiger partial charge in [-0.15, -0.1) is 0 Å². The minimum atomic E-state index is -0.313. The highest BCUT2D eigenvalue weighted by atomic mass is 16.5. The van der Waals surface area contributed by atoms with Crippen molar-refractivity contribution in [1.82, 2.24) is 4.98 Å². The first-order valence-corrected chi connectivity index (χ1v) is 6.03. The fourth-order valence-corrected chi connectivity index (χ4v) is 2.17. The summed E-state index contributed by atoms with van der Waals surface area (Å²) in [6, 6.07) is 3.90. The number of hydrogen-bond donors (Lipinski definition) is 1. The van der Waals surface area contributed by atoms with Gasteiger partial charge in [0.2, 0.25) is 0 Å². The van der Waals surface area contributed by atoms with Gasteiger partial charge in [-0.1, -0.05) is 6.07 Å². The van der Waals surface area contributed by atoms with Crippen LogP contribution in [-0.4, -0.2) is 28.9 Å². The molecule has 16 heavy (non-hydrogen) atoms. The summed E-state index contributed by atoms with van der Waals surface area (Å²) in [5.41, 5.74) is 1.09. The van der Waals surface area contributed by atoms with Gasteiger partial charge in [0.25, 0.3) is 0 Å². The van der Waals surface area contributed by atoms with Crippen LogP contribution in [0.3, 0.4) is 0 Å². The van der Waals surface area contributed by atoms with Crippen LogP contribution in [0.15, 0.2) is 24.5 Å². The van der Waals surface area contributed by atoms with Gasteiger partial charge in [-0.2, -0.15) is 0 Å². The predicted octanol–water partition coefficient (Wildman–Crippen LogP) is 1.94. The van der Waals surface area contributed by atoms with E-state index in [-0.39, 0.29) is 12.2 Å². The quantitative estimate of drug-likeness (QED) is 0.845. The van der Waals surface area contributed by atoms with Gasteiger partial charge in [-0.3, -0.25) is 4.98 Å². The Kier molecular flexibility index (Phi) is 4.31. The van der Waals surface area contributed by atoms with Crippen LogP contribution in [0.4, 0.5) is 0 Å². The molecule has 0 aliphatic carbocycles. The largest absolute Gasteiger partial charge is 0.393 e. The number of aromatic nitrogens is 1. The molecule has 3 nitrogen and oxygen atoms in total. The van der Waals surface area contributed by atoms with E-state index < -0.39 is 0 Å². The van der Waals surface area contributed by atoms with Crippen molar-refractivity contribution in [3.63, 3.8) is 0 Å². The number of aliphatic hydroxyl groups excluding tert-OH is 1. The van der Waals surface area contributed by atoms with Crippen molar-refractivity contribution in [3.8, 4) is 0 Å². The zero-order valence-electron chi connectivity index (χ0n) is 9.51. The number of rotatable bonds is 4. The van der Waals surface area contributed by atoms with Gasteiger partial charge in [-0.05, 0) is 43.7 Å². The molecule has 0 amide bonds. The highest BCUT2D eigenvalue weighted by molar-refractivity contribution is 5.09. The molecule has 2 unspecified atom stereocenters. The van der Waals surface area contributed by atoms with Crippen molar-refractivity contribution < 1.29 is 9.84 Å². The maximum Gasteiger partial charge on any atom is 0.0605 e. The second-order valence-corrected chi connectivity index (χ2v) is 4.44. The van der Waals surface area contributed by atoms with E-state index in [1.54, 1.807) is 6.20 Å². The summed E-state index contributed by atoms with van der Waals surface area (Å²) in [6.07, 6.45) is 8.39. The van der Waals surface area contributed by atoms with E-state index in [1.807, 2.05) is 18.3 Å². The highest BCUT2D eigenvalue weighted by Crippen LogP contribution is 2.18. The summed E-state index contributed by atoms with van der Waals surface area (Å²) in [5, 5.41) is 9.95. The lowest BCUT2D eigenvalue weighted by molar-refractivity contribution is -0.0147. The summed E-state index contributed by atoms with van der Waals surface area (Å²) in [7, 11) is 0. The van der Waals surface area contributed by atoms with Crippen molar-refractivity contribution in [3.05, 3.63) is 30.1 Å². The third kappa shape index (κ3) is 3.58. The molecule has 0 saturated carbocycles. The van der Waals surface area contributed by atoms with Crippen LogP contribution in [0.25, 0.3) is 0 Å². The maximum absolute atomic E-state index is 9.95. The topological polar surface area (TPSA) is 42.4 Å². The highest BCUT2D eigenvalue weighted by Gasteiger charge is 2.18. The minimum Gasteiger partial charge on any atom is -0.393 e. The van der Waals surface area contributed by atoms with Crippen molar-refractivity contribution in [2.75, 3.05) is 6.61 Å². The van der Waals surface area contributed by atoms with Crippen molar-refractivity contribution in [1.29, 1.82) is 0 Å². The molecular weight excluding hydrogens is 202 g/mol. The lowest BCUT2D eigenvalue weighted by Gasteiger charge is -2.24. The summed E-state index contributed by atoms with van der Waals surface area (Å²) in [5.74, 6) is 0. The molecular formula is C13H19NO2. The standard InChI is InChI=1S/C13H19NO2/c15-12(8-11-4-3-6-14-10-11)9-13-5-1-2-7-16-13/h3-4,6,10,12-13,15H,1-2,5,7-9H2. The molecule has 1 aromatic heterocycles. The van der Waals surface area contributed by atoms with Crippen molar-refractivity contribution >= 4 is 0 Å². The Hall–Kier alpha value is -0.930. The van der Waals surface area contributed by atoms with E-state index in [4.69, 9.17) is 4.74 Å². The lowest BCUT2D eigenvalue weighted by atomic mass is 10.00. The first-order valence-electron chi connectivity index (χ1n) is 6.03. The molecule has 1 aliphatic rings. The van der Waals surface area contributed by atoms with Crippen molar-refractivity contribution in [2.24, 2.45) is 0 Å². The monoisotopic (exact) mass is 221 g/mol. The van der Waals surface area contributed by atoms with Crippen LogP contribution in [0, 0.1) is 0 Å². The fourth-order valence-electron chi connectivity index (χ4n) is 2.17. The SMILES string of the molecule is OC(Cc1cccnc1)CC1CCCCO1. The summed E-state index contributed by atoms with van der Waals surface area (Å²) < 4.78 is 5.61. The molecule has 2 atom stereocenters. The van der Waals surface area contributed by atoms with Gasteiger partial charge < -0.3 is 9.84 Å². The minimum absolute atomic E-state index is 0.250. The zero-order valence-corrected chi connectivity index (χ0v) is 9.51. The Bertz CT molecular complexity index is 296. The second-order valence-electron chi connectivity index (χ2n) is 4.44. The Balaban J connectivity index is 1.77. The predicted molar refractivity (Wildman–Crippen MR) is 62.2 cm³/mol. The lowest BCUT2D eigenvalue weighted by Crippen LogP contribution is -2.25. The molecule has 2 rings (SSSR count). The normalized spacial score (nSPS) is 22.9. The zero-order chi connectivity index (χ0) is 11.2. The molecule has 3 heteroatoms. The summed E-state index contributed by atoms with van der Waals surface area (Å²) in [6.45, 7) is 0.851. The first kappa shape index (κ1) is 11.6. The molecule has 88 valence electrons. The van der Waals surface area contributed by atoms with Crippen LogP contribution in [0.2, 0.25) is 0 Å². The Labute approximate surface area is 96.5 Å². The van der Waals surface area contributed by atoms with Gasteiger partial charge in [0.1, 0.15) is 0 Å². The number of aliphatic hydroxyl groups is 1. The molecule has 1 saturated heterocycles. The van der Waals surface area contributed by atoms with Crippen LogP contribution in [-0.2, 0) is 11.2 Å². The van der Waals surface area contributed by atoms with E-state index in [9.17, 15) is 5.11 Å². The summed E-state index contributed by atoms with van der Waals surface area (Å²) in [4.78, 5) is 4.04. The third-order valence-corrected chi connectivity index (χ3v) is 3.00. The number of pyridine rings is 1. The van der Waals surface area contributed by atoms with Gasteiger partial charge in [0, 0.05) is 19.0 Å². The number of hydrogen-bond acceptors (Lipinski definition) is 3. The molecule has 0 aromatic carbocycles. The Morgan fingerprint density at radius 3 is 3.12 bits per heavy atom. The maximum atomic E-state index is 9.95. The van der Waals surface area contributed by atoms with Gasteiger partial charge in [-0.25, -0.2) is 0 Å². The average molecular weight is 221 g/mol. The van der Waals surface area contributed by atoms with E-state index in [2.05, 4.69) is 4.98 Å². The van der Waals surface area contributed by atoms with Crippen LogP contribution >= 0.6 is 0 Å². The summed E-state index contributed by atoms with van der Waals surface area (Å²) >= 11 is 0. The molecule has 1 fully saturated rings. The Morgan fingerprint density at radius 1 is 1.50 bits per heavy atom. The van der Waals surface area contributed by atoms with Crippen LogP contribution < -0.4 is 0 Å². The van der Waals surface area contributed by atoms with E-state index in [1.165, 1.54) is 6.42 Å². The molecule has 2 heterocycles. The molecule has 1 N–H and O–H groups in total. The van der Waals surface area contributed by atoms with E-state index in [0.717, 1.165) is 31.4 Å². The molecule has 1 aromatic rings. The smallest absolute Gasteiger partial charge is 0.0605 e. The molecule has 0 bridgehead atoms.